The zero-order valence-corrected chi connectivity index (χ0v) is 15.4. The van der Waals surface area contributed by atoms with Crippen molar-refractivity contribution < 1.29 is 0 Å². The van der Waals surface area contributed by atoms with Gasteiger partial charge in [0.1, 0.15) is 11.8 Å². The number of nitrogens with zero attached hydrogens (tertiary/aromatic N) is 4. The summed E-state index contributed by atoms with van der Waals surface area (Å²) in [6.45, 7) is 3.70. The quantitative estimate of drug-likeness (QED) is 0.583. The van der Waals surface area contributed by atoms with Crippen molar-refractivity contribution in [3.63, 3.8) is 0 Å². The van der Waals surface area contributed by atoms with Crippen LogP contribution in [0.15, 0.2) is 36.9 Å². The molecule has 8 heteroatoms. The highest BCUT2D eigenvalue weighted by Crippen LogP contribution is 2.21. The number of rotatable bonds is 8. The van der Waals surface area contributed by atoms with Crippen molar-refractivity contribution in [3.05, 3.63) is 42.5 Å². The van der Waals surface area contributed by atoms with Crippen LogP contribution < -0.4 is 5.32 Å². The number of benzene rings is 1. The van der Waals surface area contributed by atoms with Gasteiger partial charge in [-0.15, -0.1) is 23.2 Å². The van der Waals surface area contributed by atoms with Crippen LogP contribution in [0.4, 0.5) is 11.5 Å². The van der Waals surface area contributed by atoms with E-state index in [2.05, 4.69) is 49.2 Å². The fraction of sp³-hybridized carbons (Fsp3) is 0.353. The highest BCUT2D eigenvalue weighted by atomic mass is 35.5. The molecule has 0 saturated heterocycles. The number of halogens is 2. The molecular formula is C17H20Cl2N6. The maximum atomic E-state index is 6.01. The number of anilines is 2. The number of imidazole rings is 1. The Balaban J connectivity index is 1.78. The molecule has 1 atom stereocenters. The van der Waals surface area contributed by atoms with Crippen molar-refractivity contribution in [2.24, 2.45) is 0 Å². The van der Waals surface area contributed by atoms with E-state index in [9.17, 15) is 0 Å². The average molecular weight is 379 g/mol. The Kier molecular flexibility index (Phi) is 6.07. The number of hydrogen-bond acceptors (Lipinski definition) is 5. The minimum absolute atomic E-state index is 0.267. The monoisotopic (exact) mass is 378 g/mol. The Hall–Kier alpha value is -1.89. The molecule has 0 unspecified atom stereocenters. The molecular weight excluding hydrogens is 359 g/mol. The SMILES string of the molecule is C[C@@H](CCl)N(CCCl)Cc1cccc(Nc2ncnc3nc[nH]c23)c1. The summed E-state index contributed by atoms with van der Waals surface area (Å²) in [5.74, 6) is 1.86. The molecule has 0 amide bonds. The van der Waals surface area contributed by atoms with E-state index in [4.69, 9.17) is 23.2 Å². The van der Waals surface area contributed by atoms with Crippen LogP contribution in [0, 0.1) is 0 Å². The van der Waals surface area contributed by atoms with Gasteiger partial charge in [-0.2, -0.15) is 0 Å². The van der Waals surface area contributed by atoms with Crippen LogP contribution >= 0.6 is 23.2 Å². The highest BCUT2D eigenvalue weighted by Gasteiger charge is 2.13. The fourth-order valence-electron chi connectivity index (χ4n) is 2.64. The Bertz CT molecular complexity index is 822. The van der Waals surface area contributed by atoms with Crippen molar-refractivity contribution >= 4 is 45.9 Å². The molecule has 2 N–H and O–H groups in total. The molecule has 25 heavy (non-hydrogen) atoms. The van der Waals surface area contributed by atoms with E-state index in [1.807, 2.05) is 12.1 Å². The van der Waals surface area contributed by atoms with Gasteiger partial charge in [0.15, 0.2) is 11.5 Å². The molecule has 6 nitrogen and oxygen atoms in total. The molecule has 0 radical (unpaired) electrons. The molecule has 0 aliphatic rings. The summed E-state index contributed by atoms with van der Waals surface area (Å²) in [5, 5.41) is 3.33. The van der Waals surface area contributed by atoms with Gasteiger partial charge in [0.2, 0.25) is 0 Å². The fourth-order valence-corrected chi connectivity index (χ4v) is 3.05. The summed E-state index contributed by atoms with van der Waals surface area (Å²) < 4.78 is 0. The van der Waals surface area contributed by atoms with E-state index < -0.39 is 0 Å². The molecule has 0 bridgehead atoms. The van der Waals surface area contributed by atoms with Gasteiger partial charge in [-0.1, -0.05) is 12.1 Å². The lowest BCUT2D eigenvalue weighted by Crippen LogP contribution is -2.35. The van der Waals surface area contributed by atoms with Crippen LogP contribution in [0.1, 0.15) is 12.5 Å². The zero-order valence-electron chi connectivity index (χ0n) is 13.9. The van der Waals surface area contributed by atoms with Crippen LogP contribution in [-0.2, 0) is 6.54 Å². The summed E-state index contributed by atoms with van der Waals surface area (Å²) >= 11 is 11.9. The van der Waals surface area contributed by atoms with Gasteiger partial charge in [-0.25, -0.2) is 15.0 Å². The molecule has 0 aliphatic heterocycles. The summed E-state index contributed by atoms with van der Waals surface area (Å²) in [6.07, 6.45) is 3.11. The number of aromatic nitrogens is 4. The second kappa shape index (κ2) is 8.47. The van der Waals surface area contributed by atoms with E-state index in [0.717, 1.165) is 24.3 Å². The molecule has 0 spiro atoms. The molecule has 0 saturated carbocycles. The topological polar surface area (TPSA) is 69.7 Å². The summed E-state index contributed by atoms with van der Waals surface area (Å²) in [6, 6.07) is 8.49. The number of fused-ring (bicyclic) bond motifs is 1. The van der Waals surface area contributed by atoms with E-state index in [-0.39, 0.29) is 6.04 Å². The summed E-state index contributed by atoms with van der Waals surface area (Å²) in [4.78, 5) is 17.9. The van der Waals surface area contributed by atoms with E-state index in [1.54, 1.807) is 6.33 Å². The highest BCUT2D eigenvalue weighted by molar-refractivity contribution is 6.18. The third-order valence-electron chi connectivity index (χ3n) is 4.02. The van der Waals surface area contributed by atoms with Crippen molar-refractivity contribution in [2.75, 3.05) is 23.6 Å². The van der Waals surface area contributed by atoms with Gasteiger partial charge in [0.25, 0.3) is 0 Å². The van der Waals surface area contributed by atoms with E-state index in [0.29, 0.717) is 23.2 Å². The first kappa shape index (κ1) is 17.9. The van der Waals surface area contributed by atoms with Gasteiger partial charge >= 0.3 is 0 Å². The molecule has 3 aromatic rings. The molecule has 2 heterocycles. The second-order valence-corrected chi connectivity index (χ2v) is 6.50. The van der Waals surface area contributed by atoms with Crippen molar-refractivity contribution in [2.45, 2.75) is 19.5 Å². The van der Waals surface area contributed by atoms with Gasteiger partial charge in [0, 0.05) is 36.6 Å². The van der Waals surface area contributed by atoms with Gasteiger partial charge in [-0.3, -0.25) is 4.90 Å². The van der Waals surface area contributed by atoms with Crippen molar-refractivity contribution in [3.8, 4) is 0 Å². The van der Waals surface area contributed by atoms with Gasteiger partial charge in [-0.05, 0) is 24.6 Å². The smallest absolute Gasteiger partial charge is 0.182 e. The summed E-state index contributed by atoms with van der Waals surface area (Å²) in [5.41, 5.74) is 3.56. The molecule has 3 rings (SSSR count). The lowest BCUT2D eigenvalue weighted by molar-refractivity contribution is 0.229. The molecule has 0 fully saturated rings. The Morgan fingerprint density at radius 3 is 2.92 bits per heavy atom. The van der Waals surface area contributed by atoms with Crippen molar-refractivity contribution in [1.82, 2.24) is 24.8 Å². The standard InChI is InChI=1S/C17H20Cl2N6/c1-12(8-19)25(6-5-18)9-13-3-2-4-14(7-13)24-17-15-16(21-10-20-15)22-11-23-17/h2-4,7,10-12H,5-6,8-9H2,1H3,(H2,20,21,22,23,24)/t12-/m0/s1. The number of hydrogen-bond donors (Lipinski definition) is 2. The predicted octanol–water partition coefficient (Wildman–Crippen LogP) is 3.76. The number of aromatic amines is 1. The second-order valence-electron chi connectivity index (χ2n) is 5.81. The minimum atomic E-state index is 0.267. The average Bonchev–Trinajstić information content (AvgIpc) is 3.11. The van der Waals surface area contributed by atoms with E-state index in [1.165, 1.54) is 11.9 Å². The first-order valence-corrected chi connectivity index (χ1v) is 9.14. The largest absolute Gasteiger partial charge is 0.340 e. The first-order valence-electron chi connectivity index (χ1n) is 8.07. The van der Waals surface area contributed by atoms with Crippen LogP contribution in [0.25, 0.3) is 11.2 Å². The van der Waals surface area contributed by atoms with Crippen LogP contribution in [0.5, 0.6) is 0 Å². The van der Waals surface area contributed by atoms with Crippen LogP contribution in [0.2, 0.25) is 0 Å². The third kappa shape index (κ3) is 4.39. The lowest BCUT2D eigenvalue weighted by Gasteiger charge is -2.27. The Morgan fingerprint density at radius 2 is 2.12 bits per heavy atom. The number of alkyl halides is 2. The molecule has 1 aromatic carbocycles. The van der Waals surface area contributed by atoms with Crippen LogP contribution in [-0.4, -0.2) is 49.2 Å². The molecule has 0 aliphatic carbocycles. The van der Waals surface area contributed by atoms with Crippen molar-refractivity contribution in [1.29, 1.82) is 0 Å². The van der Waals surface area contributed by atoms with E-state index >= 15 is 0 Å². The van der Waals surface area contributed by atoms with Gasteiger partial charge in [0.05, 0.1) is 6.33 Å². The predicted molar refractivity (Wildman–Crippen MR) is 103 cm³/mol. The maximum absolute atomic E-state index is 6.01. The Morgan fingerprint density at radius 1 is 1.24 bits per heavy atom. The number of H-pyrrole nitrogens is 1. The normalized spacial score (nSPS) is 12.6. The van der Waals surface area contributed by atoms with Crippen LogP contribution in [0.3, 0.4) is 0 Å². The van der Waals surface area contributed by atoms with Gasteiger partial charge < -0.3 is 10.3 Å². The first-order chi connectivity index (χ1) is 12.2. The minimum Gasteiger partial charge on any atom is -0.340 e. The maximum Gasteiger partial charge on any atom is 0.182 e. The lowest BCUT2D eigenvalue weighted by atomic mass is 10.1. The number of nitrogens with one attached hydrogen (secondary N) is 2. The molecule has 132 valence electrons. The third-order valence-corrected chi connectivity index (χ3v) is 4.63. The summed E-state index contributed by atoms with van der Waals surface area (Å²) in [7, 11) is 0. The molecule has 2 aromatic heterocycles. The zero-order chi connectivity index (χ0) is 17.6. The Labute approximate surface area is 156 Å².